The lowest BCUT2D eigenvalue weighted by atomic mass is 10.3. The summed E-state index contributed by atoms with van der Waals surface area (Å²) in [7, 11) is 1.79. The zero-order valence-electron chi connectivity index (χ0n) is 14.8. The molecule has 0 spiro atoms. The van der Waals surface area contributed by atoms with E-state index in [9.17, 15) is 4.79 Å². The fourth-order valence-electron chi connectivity index (χ4n) is 2.40. The lowest BCUT2D eigenvalue weighted by molar-refractivity contribution is -0.110. The number of para-hydroxylation sites is 2. The number of hydrogen-bond donors (Lipinski definition) is 2. The van der Waals surface area contributed by atoms with Gasteiger partial charge >= 0.3 is 0 Å². The Balaban J connectivity index is 1.86. The van der Waals surface area contributed by atoms with Gasteiger partial charge in [0.15, 0.2) is 0 Å². The molecule has 0 atom stereocenters. The number of hydrazone groups is 1. The first-order valence-electron chi connectivity index (χ1n) is 8.38. The molecule has 0 fully saturated rings. The summed E-state index contributed by atoms with van der Waals surface area (Å²) in [6.45, 7) is 0. The first-order chi connectivity index (χ1) is 13.1. The number of likely N-dealkylation sites (N-methyl/N-ethyl adjacent to an activating group) is 1. The van der Waals surface area contributed by atoms with Gasteiger partial charge in [-0.3, -0.25) is 10.2 Å². The van der Waals surface area contributed by atoms with Gasteiger partial charge < -0.3 is 10.2 Å². The second-order valence-corrected chi connectivity index (χ2v) is 6.21. The Labute approximate surface area is 163 Å². The predicted molar refractivity (Wildman–Crippen MR) is 112 cm³/mol. The van der Waals surface area contributed by atoms with Crippen LogP contribution in [-0.2, 0) is 4.79 Å². The van der Waals surface area contributed by atoms with Crippen LogP contribution < -0.4 is 15.6 Å². The van der Waals surface area contributed by atoms with E-state index in [1.54, 1.807) is 36.2 Å². The molecule has 0 aliphatic rings. The molecule has 0 unspecified atom stereocenters. The molecular formula is C21H19ClN4O. The van der Waals surface area contributed by atoms with Gasteiger partial charge in [-0.05, 0) is 48.5 Å². The fraction of sp³-hybridized carbons (Fsp3) is 0.0476. The van der Waals surface area contributed by atoms with Crippen molar-refractivity contribution in [2.45, 2.75) is 0 Å². The molecular weight excluding hydrogens is 360 g/mol. The number of nitrogens with one attached hydrogen (secondary N) is 2. The van der Waals surface area contributed by atoms with E-state index >= 15 is 0 Å². The quantitative estimate of drug-likeness (QED) is 0.388. The maximum Gasteiger partial charge on any atom is 0.293 e. The maximum atomic E-state index is 12.9. The van der Waals surface area contributed by atoms with E-state index in [0.717, 1.165) is 11.4 Å². The molecule has 0 aliphatic heterocycles. The number of nitrogens with zero attached hydrogens (tertiary/aromatic N) is 2. The normalized spacial score (nSPS) is 11.0. The number of halogens is 1. The second kappa shape index (κ2) is 8.87. The minimum Gasteiger partial charge on any atom is -0.323 e. The summed E-state index contributed by atoms with van der Waals surface area (Å²) in [5.74, 6) is -0.103. The largest absolute Gasteiger partial charge is 0.323 e. The minimum absolute atomic E-state index is 0.222. The Hall–Kier alpha value is -3.31. The monoisotopic (exact) mass is 378 g/mol. The molecule has 6 heteroatoms. The molecule has 3 aromatic rings. The van der Waals surface area contributed by atoms with Crippen LogP contribution >= 0.6 is 11.6 Å². The number of carbonyl (C=O) groups is 1. The van der Waals surface area contributed by atoms with Crippen LogP contribution in [-0.4, -0.2) is 18.8 Å². The van der Waals surface area contributed by atoms with E-state index in [2.05, 4.69) is 15.8 Å². The van der Waals surface area contributed by atoms with Crippen LogP contribution in [0.15, 0.2) is 90.0 Å². The first kappa shape index (κ1) is 18.5. The van der Waals surface area contributed by atoms with E-state index in [-0.39, 0.29) is 11.7 Å². The van der Waals surface area contributed by atoms with Gasteiger partial charge in [-0.1, -0.05) is 48.0 Å². The topological polar surface area (TPSA) is 56.7 Å². The van der Waals surface area contributed by atoms with Gasteiger partial charge in [0.05, 0.1) is 5.69 Å². The Kier molecular flexibility index (Phi) is 6.07. The molecule has 3 aromatic carbocycles. The van der Waals surface area contributed by atoms with Crippen LogP contribution in [0.2, 0.25) is 5.02 Å². The fourth-order valence-corrected chi connectivity index (χ4v) is 2.53. The van der Waals surface area contributed by atoms with Gasteiger partial charge in [-0.15, -0.1) is 0 Å². The Bertz CT molecular complexity index is 912. The first-order valence-corrected chi connectivity index (χ1v) is 8.76. The van der Waals surface area contributed by atoms with Crippen molar-refractivity contribution in [1.82, 2.24) is 0 Å². The SMILES string of the molecule is CN(/C(=N/Nc1ccc(Cl)cc1)C(=O)Nc1ccccc1)c1ccccc1. The van der Waals surface area contributed by atoms with Crippen molar-refractivity contribution in [1.29, 1.82) is 0 Å². The van der Waals surface area contributed by atoms with Gasteiger partial charge in [-0.25, -0.2) is 0 Å². The number of benzene rings is 3. The summed E-state index contributed by atoms with van der Waals surface area (Å²) in [6.07, 6.45) is 0. The summed E-state index contributed by atoms with van der Waals surface area (Å²) in [5, 5.41) is 7.83. The highest BCUT2D eigenvalue weighted by molar-refractivity contribution is 6.46. The van der Waals surface area contributed by atoms with E-state index in [0.29, 0.717) is 10.7 Å². The Morgan fingerprint density at radius 2 is 1.44 bits per heavy atom. The molecule has 136 valence electrons. The van der Waals surface area contributed by atoms with Crippen LogP contribution in [0.25, 0.3) is 0 Å². The molecule has 27 heavy (non-hydrogen) atoms. The molecule has 1 amide bonds. The van der Waals surface area contributed by atoms with Gasteiger partial charge in [-0.2, -0.15) is 5.10 Å². The predicted octanol–water partition coefficient (Wildman–Crippen LogP) is 4.84. The third kappa shape index (κ3) is 5.09. The van der Waals surface area contributed by atoms with Crippen LogP contribution in [0.4, 0.5) is 17.1 Å². The average molecular weight is 379 g/mol. The smallest absolute Gasteiger partial charge is 0.293 e. The standard InChI is InChI=1S/C21H19ClN4O/c1-26(19-10-6-3-7-11-19)20(21(27)23-17-8-4-2-5-9-17)25-24-18-14-12-16(22)13-15-18/h2-15,24H,1H3,(H,23,27)/b25-20+. The summed E-state index contributed by atoms with van der Waals surface area (Å²) in [6, 6.07) is 25.9. The summed E-state index contributed by atoms with van der Waals surface area (Å²) in [4.78, 5) is 14.6. The number of amides is 1. The molecule has 0 saturated heterocycles. The van der Waals surface area contributed by atoms with E-state index in [4.69, 9.17) is 11.6 Å². The minimum atomic E-state index is -0.325. The highest BCUT2D eigenvalue weighted by atomic mass is 35.5. The van der Waals surface area contributed by atoms with E-state index in [1.165, 1.54) is 0 Å². The van der Waals surface area contributed by atoms with Crippen molar-refractivity contribution in [3.63, 3.8) is 0 Å². The molecule has 2 N–H and O–H groups in total. The van der Waals surface area contributed by atoms with Crippen molar-refractivity contribution in [2.24, 2.45) is 5.10 Å². The Morgan fingerprint density at radius 1 is 0.852 bits per heavy atom. The zero-order chi connectivity index (χ0) is 19.1. The molecule has 0 aromatic heterocycles. The number of carbonyl (C=O) groups excluding carboxylic acids is 1. The van der Waals surface area contributed by atoms with Crippen molar-refractivity contribution in [2.75, 3.05) is 22.7 Å². The molecule has 0 aliphatic carbocycles. The van der Waals surface area contributed by atoms with Gasteiger partial charge in [0.25, 0.3) is 5.91 Å². The third-order valence-electron chi connectivity index (χ3n) is 3.83. The van der Waals surface area contributed by atoms with Crippen molar-refractivity contribution < 1.29 is 4.79 Å². The highest BCUT2D eigenvalue weighted by Crippen LogP contribution is 2.16. The number of rotatable bonds is 4. The lowest BCUT2D eigenvalue weighted by Crippen LogP contribution is -2.38. The third-order valence-corrected chi connectivity index (χ3v) is 4.08. The van der Waals surface area contributed by atoms with Gasteiger partial charge in [0.2, 0.25) is 5.84 Å². The summed E-state index contributed by atoms with van der Waals surface area (Å²) in [5.41, 5.74) is 5.19. The van der Waals surface area contributed by atoms with Crippen LogP contribution in [0.5, 0.6) is 0 Å². The summed E-state index contributed by atoms with van der Waals surface area (Å²) >= 11 is 5.91. The summed E-state index contributed by atoms with van der Waals surface area (Å²) < 4.78 is 0. The maximum absolute atomic E-state index is 12.9. The van der Waals surface area contributed by atoms with Crippen LogP contribution in [0.1, 0.15) is 0 Å². The van der Waals surface area contributed by atoms with Crippen molar-refractivity contribution in [3.05, 3.63) is 90.0 Å². The molecule has 0 radical (unpaired) electrons. The second-order valence-electron chi connectivity index (χ2n) is 5.77. The number of anilines is 3. The van der Waals surface area contributed by atoms with E-state index < -0.39 is 0 Å². The molecule has 0 saturated carbocycles. The molecule has 0 bridgehead atoms. The number of hydrogen-bond acceptors (Lipinski definition) is 3. The zero-order valence-corrected chi connectivity index (χ0v) is 15.5. The molecule has 0 heterocycles. The van der Waals surface area contributed by atoms with E-state index in [1.807, 2.05) is 60.7 Å². The van der Waals surface area contributed by atoms with Crippen molar-refractivity contribution in [3.8, 4) is 0 Å². The lowest BCUT2D eigenvalue weighted by Gasteiger charge is -2.21. The number of amidine groups is 1. The average Bonchev–Trinajstić information content (AvgIpc) is 2.71. The van der Waals surface area contributed by atoms with Crippen LogP contribution in [0.3, 0.4) is 0 Å². The molecule has 5 nitrogen and oxygen atoms in total. The van der Waals surface area contributed by atoms with Gasteiger partial charge in [0.1, 0.15) is 0 Å². The molecule has 3 rings (SSSR count). The van der Waals surface area contributed by atoms with Crippen molar-refractivity contribution >= 4 is 40.4 Å². The van der Waals surface area contributed by atoms with Gasteiger partial charge in [0, 0.05) is 23.4 Å². The Morgan fingerprint density at radius 3 is 2.07 bits per heavy atom. The highest BCUT2D eigenvalue weighted by Gasteiger charge is 2.18. The van der Waals surface area contributed by atoms with Crippen LogP contribution in [0, 0.1) is 0 Å².